The highest BCUT2D eigenvalue weighted by Gasteiger charge is 2.08. The summed E-state index contributed by atoms with van der Waals surface area (Å²) in [5, 5.41) is 20.7. The molecular weight excluding hydrogens is 318 g/mol. The molecule has 0 unspecified atom stereocenters. The third kappa shape index (κ3) is 3.13. The molecule has 0 saturated heterocycles. The lowest BCUT2D eigenvalue weighted by atomic mass is 10.1. The van der Waals surface area contributed by atoms with Gasteiger partial charge in [0, 0.05) is 17.4 Å². The van der Waals surface area contributed by atoms with Crippen molar-refractivity contribution in [3.8, 4) is 16.9 Å². The number of benzene rings is 2. The van der Waals surface area contributed by atoms with Crippen LogP contribution < -0.4 is 5.32 Å². The Kier molecular flexibility index (Phi) is 3.76. The fourth-order valence-corrected chi connectivity index (χ4v) is 2.42. The predicted molar refractivity (Wildman–Crippen MR) is 91.1 cm³/mol. The number of nitrogens with one attached hydrogen (secondary N) is 2. The Labute approximate surface area is 142 Å². The van der Waals surface area contributed by atoms with Crippen molar-refractivity contribution in [1.82, 2.24) is 30.4 Å². The summed E-state index contributed by atoms with van der Waals surface area (Å²) in [4.78, 5) is 12.5. The normalized spacial score (nSPS) is 10.6. The number of amides is 1. The van der Waals surface area contributed by atoms with Crippen molar-refractivity contribution in [2.75, 3.05) is 5.32 Å². The number of H-pyrrole nitrogens is 1. The van der Waals surface area contributed by atoms with E-state index in [1.165, 1.54) is 11.0 Å². The van der Waals surface area contributed by atoms with Gasteiger partial charge in [0.1, 0.15) is 6.33 Å². The molecule has 0 aliphatic carbocycles. The number of carbonyl (C=O) groups is 1. The van der Waals surface area contributed by atoms with E-state index in [0.717, 1.165) is 11.3 Å². The molecule has 8 nitrogen and oxygen atoms in total. The van der Waals surface area contributed by atoms with E-state index in [1.807, 2.05) is 36.4 Å². The molecule has 0 radical (unpaired) electrons. The van der Waals surface area contributed by atoms with Gasteiger partial charge < -0.3 is 5.32 Å². The van der Waals surface area contributed by atoms with E-state index in [9.17, 15) is 4.79 Å². The number of aromatic nitrogens is 6. The van der Waals surface area contributed by atoms with Crippen LogP contribution in [-0.4, -0.2) is 36.3 Å². The fraction of sp³-hybridized carbons (Fsp3) is 0. The Bertz CT molecular complexity index is 976. The van der Waals surface area contributed by atoms with Gasteiger partial charge in [-0.2, -0.15) is 5.10 Å². The average Bonchev–Trinajstić information content (AvgIpc) is 3.36. The molecule has 2 N–H and O–H groups in total. The van der Waals surface area contributed by atoms with Gasteiger partial charge in [-0.05, 0) is 52.4 Å². The maximum absolute atomic E-state index is 12.5. The molecular formula is C17H13N7O. The molecule has 0 atom stereocenters. The van der Waals surface area contributed by atoms with Crippen LogP contribution in [0.25, 0.3) is 16.9 Å². The maximum atomic E-state index is 12.5. The van der Waals surface area contributed by atoms with Crippen LogP contribution in [0.4, 0.5) is 5.69 Å². The van der Waals surface area contributed by atoms with Gasteiger partial charge in [-0.25, -0.2) is 4.68 Å². The van der Waals surface area contributed by atoms with Crippen molar-refractivity contribution in [2.45, 2.75) is 0 Å². The Morgan fingerprint density at radius 3 is 2.68 bits per heavy atom. The molecule has 8 heteroatoms. The summed E-state index contributed by atoms with van der Waals surface area (Å²) < 4.78 is 1.50. The Morgan fingerprint density at radius 2 is 1.96 bits per heavy atom. The third-order valence-corrected chi connectivity index (χ3v) is 3.68. The average molecular weight is 331 g/mol. The van der Waals surface area contributed by atoms with Crippen LogP contribution in [0.1, 0.15) is 10.4 Å². The second-order valence-corrected chi connectivity index (χ2v) is 5.31. The number of anilines is 1. The number of hydrogen-bond donors (Lipinski definition) is 2. The summed E-state index contributed by atoms with van der Waals surface area (Å²) in [5.41, 5.74) is 3.86. The van der Waals surface area contributed by atoms with Gasteiger partial charge >= 0.3 is 0 Å². The van der Waals surface area contributed by atoms with Gasteiger partial charge in [-0.15, -0.1) is 5.10 Å². The van der Waals surface area contributed by atoms with E-state index in [4.69, 9.17) is 0 Å². The second-order valence-electron chi connectivity index (χ2n) is 5.31. The lowest BCUT2D eigenvalue weighted by Crippen LogP contribution is -2.12. The first-order valence-corrected chi connectivity index (χ1v) is 7.54. The van der Waals surface area contributed by atoms with Crippen molar-refractivity contribution in [3.63, 3.8) is 0 Å². The number of nitrogens with zero attached hydrogens (tertiary/aromatic N) is 5. The minimum absolute atomic E-state index is 0.204. The second kappa shape index (κ2) is 6.36. The summed E-state index contributed by atoms with van der Waals surface area (Å²) in [7, 11) is 0. The Balaban J connectivity index is 1.51. The largest absolute Gasteiger partial charge is 0.322 e. The van der Waals surface area contributed by atoms with Crippen LogP contribution in [0.5, 0.6) is 0 Å². The molecule has 2 heterocycles. The summed E-state index contributed by atoms with van der Waals surface area (Å²) in [6.45, 7) is 0. The van der Waals surface area contributed by atoms with Gasteiger partial charge in [0.2, 0.25) is 0 Å². The Hall–Kier alpha value is -3.81. The molecule has 0 saturated carbocycles. The van der Waals surface area contributed by atoms with E-state index >= 15 is 0 Å². The maximum Gasteiger partial charge on any atom is 0.255 e. The standard InChI is InChI=1S/C17H13N7O/c25-17(13-2-1-3-15(10-13)24-11-19-22-23-24)20-14-6-4-12(5-7-14)16-8-9-18-21-16/h1-11H,(H,18,21)(H,20,25). The van der Waals surface area contributed by atoms with Crippen molar-refractivity contribution in [1.29, 1.82) is 0 Å². The number of aromatic amines is 1. The van der Waals surface area contributed by atoms with E-state index in [-0.39, 0.29) is 5.91 Å². The first kappa shape index (κ1) is 14.8. The van der Waals surface area contributed by atoms with Crippen LogP contribution in [0.2, 0.25) is 0 Å². The number of tetrazole rings is 1. The highest BCUT2D eigenvalue weighted by molar-refractivity contribution is 6.04. The molecule has 4 rings (SSSR count). The lowest BCUT2D eigenvalue weighted by molar-refractivity contribution is 0.102. The fourth-order valence-electron chi connectivity index (χ4n) is 2.42. The first-order chi connectivity index (χ1) is 12.3. The van der Waals surface area contributed by atoms with Gasteiger partial charge in [-0.3, -0.25) is 9.89 Å². The van der Waals surface area contributed by atoms with Crippen LogP contribution in [-0.2, 0) is 0 Å². The molecule has 25 heavy (non-hydrogen) atoms. The van der Waals surface area contributed by atoms with Crippen LogP contribution >= 0.6 is 0 Å². The number of carbonyl (C=O) groups excluding carboxylic acids is 1. The quantitative estimate of drug-likeness (QED) is 0.597. The smallest absolute Gasteiger partial charge is 0.255 e. The Morgan fingerprint density at radius 1 is 1.08 bits per heavy atom. The molecule has 0 fully saturated rings. The van der Waals surface area contributed by atoms with Crippen LogP contribution in [0, 0.1) is 0 Å². The van der Waals surface area contributed by atoms with E-state index < -0.39 is 0 Å². The van der Waals surface area contributed by atoms with Gasteiger partial charge in [-0.1, -0.05) is 18.2 Å². The topological polar surface area (TPSA) is 101 Å². The first-order valence-electron chi connectivity index (χ1n) is 7.54. The molecule has 1 amide bonds. The van der Waals surface area contributed by atoms with Crippen molar-refractivity contribution >= 4 is 11.6 Å². The number of rotatable bonds is 4. The van der Waals surface area contributed by atoms with Gasteiger partial charge in [0.15, 0.2) is 0 Å². The zero-order valence-electron chi connectivity index (χ0n) is 13.0. The lowest BCUT2D eigenvalue weighted by Gasteiger charge is -2.07. The van der Waals surface area contributed by atoms with Crippen LogP contribution in [0.3, 0.4) is 0 Å². The number of hydrogen-bond acceptors (Lipinski definition) is 5. The minimum atomic E-state index is -0.204. The van der Waals surface area contributed by atoms with Crippen molar-refractivity contribution in [2.24, 2.45) is 0 Å². The van der Waals surface area contributed by atoms with E-state index in [1.54, 1.807) is 24.4 Å². The van der Waals surface area contributed by atoms with Crippen molar-refractivity contribution in [3.05, 3.63) is 72.7 Å². The molecule has 0 spiro atoms. The van der Waals surface area contributed by atoms with Crippen molar-refractivity contribution < 1.29 is 4.79 Å². The molecule has 0 bridgehead atoms. The van der Waals surface area contributed by atoms with Gasteiger partial charge in [0.25, 0.3) is 5.91 Å². The van der Waals surface area contributed by atoms with E-state index in [2.05, 4.69) is 31.0 Å². The zero-order valence-corrected chi connectivity index (χ0v) is 13.0. The predicted octanol–water partition coefficient (Wildman–Crippen LogP) is 2.30. The highest BCUT2D eigenvalue weighted by Crippen LogP contribution is 2.19. The molecule has 122 valence electrons. The molecule has 2 aromatic heterocycles. The van der Waals surface area contributed by atoms with Crippen LogP contribution in [0.15, 0.2) is 67.1 Å². The zero-order chi connectivity index (χ0) is 17.1. The minimum Gasteiger partial charge on any atom is -0.322 e. The van der Waals surface area contributed by atoms with E-state index in [0.29, 0.717) is 16.9 Å². The molecule has 4 aromatic rings. The summed E-state index contributed by atoms with van der Waals surface area (Å²) in [6.07, 6.45) is 3.17. The molecule has 0 aliphatic rings. The molecule has 0 aliphatic heterocycles. The SMILES string of the molecule is O=C(Nc1ccc(-c2ccn[nH]2)cc1)c1cccc(-n2cnnn2)c1. The third-order valence-electron chi connectivity index (χ3n) is 3.68. The molecule has 2 aromatic carbocycles. The monoisotopic (exact) mass is 331 g/mol. The summed E-state index contributed by atoms with van der Waals surface area (Å²) >= 11 is 0. The summed E-state index contributed by atoms with van der Waals surface area (Å²) in [6, 6.07) is 16.5. The summed E-state index contributed by atoms with van der Waals surface area (Å²) in [5.74, 6) is -0.204. The van der Waals surface area contributed by atoms with Gasteiger partial charge in [0.05, 0.1) is 11.4 Å². The highest BCUT2D eigenvalue weighted by atomic mass is 16.1.